The minimum Gasteiger partial charge on any atom is -0.381 e. The summed E-state index contributed by atoms with van der Waals surface area (Å²) in [6.45, 7) is 12.1. The number of piperidine rings is 1. The van der Waals surface area contributed by atoms with Crippen LogP contribution in [-0.4, -0.2) is 62.3 Å². The average molecular weight is 549 g/mol. The fraction of sp³-hybridized carbons (Fsp3) is 0.696. The Kier molecular flexibility index (Phi) is 10.7. The molecule has 0 aromatic heterocycles. The van der Waals surface area contributed by atoms with E-state index in [1.165, 1.54) is 5.56 Å². The van der Waals surface area contributed by atoms with E-state index in [2.05, 4.69) is 48.4 Å². The van der Waals surface area contributed by atoms with Gasteiger partial charge in [0.15, 0.2) is 5.96 Å². The standard InChI is InChI=1S/C23H37ClN4O.HI/c1-4-25-22(27-19-9-13-28(14-10-19)18(2)3)26-17-23(11-15-29-16-12-23)20-7-5-6-8-21(20)24;/h5-8,18-19H,4,9-17H2,1-3H3,(H2,25,26,27);1H. The molecule has 5 nitrogen and oxygen atoms in total. The van der Waals surface area contributed by atoms with Gasteiger partial charge in [-0.05, 0) is 58.1 Å². The number of halogens is 2. The van der Waals surface area contributed by atoms with Gasteiger partial charge >= 0.3 is 0 Å². The maximum Gasteiger partial charge on any atom is 0.191 e. The van der Waals surface area contributed by atoms with Crippen molar-refractivity contribution in [2.24, 2.45) is 4.99 Å². The van der Waals surface area contributed by atoms with Crippen molar-refractivity contribution in [3.8, 4) is 0 Å². The summed E-state index contributed by atoms with van der Waals surface area (Å²) in [4.78, 5) is 7.59. The van der Waals surface area contributed by atoms with Crippen molar-refractivity contribution in [2.75, 3.05) is 39.4 Å². The van der Waals surface area contributed by atoms with Gasteiger partial charge in [0.25, 0.3) is 0 Å². The third-order valence-electron chi connectivity index (χ3n) is 6.38. The third kappa shape index (κ3) is 6.71. The van der Waals surface area contributed by atoms with Crippen LogP contribution >= 0.6 is 35.6 Å². The highest BCUT2D eigenvalue weighted by atomic mass is 127. The molecule has 0 bridgehead atoms. The van der Waals surface area contributed by atoms with Crippen LogP contribution in [0.2, 0.25) is 5.02 Å². The maximum atomic E-state index is 6.59. The molecule has 0 amide bonds. The first-order valence-corrected chi connectivity index (χ1v) is 11.5. The normalized spacial score (nSPS) is 20.6. The van der Waals surface area contributed by atoms with Gasteiger partial charge in [-0.1, -0.05) is 29.8 Å². The van der Waals surface area contributed by atoms with Gasteiger partial charge in [-0.25, -0.2) is 0 Å². The topological polar surface area (TPSA) is 48.9 Å². The van der Waals surface area contributed by atoms with Crippen molar-refractivity contribution in [3.63, 3.8) is 0 Å². The van der Waals surface area contributed by atoms with E-state index in [0.717, 1.165) is 76.1 Å². The quantitative estimate of drug-likeness (QED) is 0.314. The minimum atomic E-state index is -0.0556. The van der Waals surface area contributed by atoms with Gasteiger partial charge in [0.05, 0.1) is 6.54 Å². The number of aliphatic imine (C=N–C) groups is 1. The molecule has 7 heteroatoms. The van der Waals surface area contributed by atoms with Crippen LogP contribution < -0.4 is 10.6 Å². The highest BCUT2D eigenvalue weighted by molar-refractivity contribution is 14.0. The Hall–Kier alpha value is -0.570. The number of hydrogen-bond donors (Lipinski definition) is 2. The van der Waals surface area contributed by atoms with E-state index in [0.29, 0.717) is 12.1 Å². The molecule has 0 radical (unpaired) electrons. The van der Waals surface area contributed by atoms with E-state index in [4.69, 9.17) is 21.3 Å². The van der Waals surface area contributed by atoms with Crippen LogP contribution in [0.1, 0.15) is 52.0 Å². The molecule has 0 spiro atoms. The van der Waals surface area contributed by atoms with E-state index in [1.54, 1.807) is 0 Å². The Morgan fingerprint density at radius 3 is 2.50 bits per heavy atom. The Bertz CT molecular complexity index is 671. The molecule has 30 heavy (non-hydrogen) atoms. The largest absolute Gasteiger partial charge is 0.381 e. The van der Waals surface area contributed by atoms with E-state index >= 15 is 0 Å². The van der Waals surface area contributed by atoms with Gasteiger partial charge in [0.2, 0.25) is 0 Å². The van der Waals surface area contributed by atoms with Crippen molar-refractivity contribution in [1.29, 1.82) is 0 Å². The molecular formula is C23H38ClIN4O. The Labute approximate surface area is 204 Å². The molecule has 170 valence electrons. The number of rotatable bonds is 6. The number of nitrogens with one attached hydrogen (secondary N) is 2. The SMILES string of the molecule is CCNC(=NCC1(c2ccccc2Cl)CCOCC1)NC1CCN(C(C)C)CC1.I. The Morgan fingerprint density at radius 1 is 1.23 bits per heavy atom. The summed E-state index contributed by atoms with van der Waals surface area (Å²) in [5, 5.41) is 7.97. The molecule has 1 aromatic rings. The molecule has 2 fully saturated rings. The number of ether oxygens (including phenoxy) is 1. The number of likely N-dealkylation sites (tertiary alicyclic amines) is 1. The summed E-state index contributed by atoms with van der Waals surface area (Å²) >= 11 is 6.59. The van der Waals surface area contributed by atoms with Gasteiger partial charge in [-0.3, -0.25) is 4.99 Å². The van der Waals surface area contributed by atoms with E-state index < -0.39 is 0 Å². The summed E-state index contributed by atoms with van der Waals surface area (Å²) in [6, 6.07) is 9.33. The zero-order valence-electron chi connectivity index (χ0n) is 18.6. The predicted molar refractivity (Wildman–Crippen MR) is 137 cm³/mol. The van der Waals surface area contributed by atoms with Crippen LogP contribution in [0.15, 0.2) is 29.3 Å². The lowest BCUT2D eigenvalue weighted by Crippen LogP contribution is -2.50. The summed E-state index contributed by atoms with van der Waals surface area (Å²) in [6.07, 6.45) is 4.22. The number of benzene rings is 1. The summed E-state index contributed by atoms with van der Waals surface area (Å²) < 4.78 is 5.66. The smallest absolute Gasteiger partial charge is 0.191 e. The fourth-order valence-electron chi connectivity index (χ4n) is 4.47. The van der Waals surface area contributed by atoms with Crippen molar-refractivity contribution >= 4 is 41.5 Å². The third-order valence-corrected chi connectivity index (χ3v) is 6.71. The van der Waals surface area contributed by atoms with Gasteiger partial charge in [-0.15, -0.1) is 24.0 Å². The number of hydrogen-bond acceptors (Lipinski definition) is 3. The van der Waals surface area contributed by atoms with E-state index in [-0.39, 0.29) is 29.4 Å². The molecule has 1 aromatic carbocycles. The molecule has 0 unspecified atom stereocenters. The molecule has 3 rings (SSSR count). The number of nitrogens with zero attached hydrogens (tertiary/aromatic N) is 2. The van der Waals surface area contributed by atoms with Crippen LogP contribution in [0, 0.1) is 0 Å². The molecule has 2 saturated heterocycles. The zero-order valence-corrected chi connectivity index (χ0v) is 21.7. The lowest BCUT2D eigenvalue weighted by molar-refractivity contribution is 0.0531. The Balaban J connectivity index is 0.00000320. The molecule has 2 N–H and O–H groups in total. The van der Waals surface area contributed by atoms with Crippen LogP contribution in [0.4, 0.5) is 0 Å². The highest BCUT2D eigenvalue weighted by Gasteiger charge is 2.36. The second-order valence-corrected chi connectivity index (χ2v) is 9.02. The maximum absolute atomic E-state index is 6.59. The second-order valence-electron chi connectivity index (χ2n) is 8.62. The van der Waals surface area contributed by atoms with Gasteiger partial charge in [0, 0.05) is 55.4 Å². The first kappa shape index (κ1) is 25.7. The van der Waals surface area contributed by atoms with Crippen LogP contribution in [-0.2, 0) is 10.2 Å². The first-order chi connectivity index (χ1) is 14.0. The van der Waals surface area contributed by atoms with Crippen LogP contribution in [0.3, 0.4) is 0 Å². The summed E-state index contributed by atoms with van der Waals surface area (Å²) in [5.41, 5.74) is 1.15. The van der Waals surface area contributed by atoms with Crippen molar-refractivity contribution in [1.82, 2.24) is 15.5 Å². The first-order valence-electron chi connectivity index (χ1n) is 11.2. The lowest BCUT2D eigenvalue weighted by atomic mass is 9.74. The minimum absolute atomic E-state index is 0. The van der Waals surface area contributed by atoms with Crippen LogP contribution in [0.25, 0.3) is 0 Å². The van der Waals surface area contributed by atoms with Gasteiger partial charge in [0.1, 0.15) is 0 Å². The highest BCUT2D eigenvalue weighted by Crippen LogP contribution is 2.38. The summed E-state index contributed by atoms with van der Waals surface area (Å²) in [7, 11) is 0. The summed E-state index contributed by atoms with van der Waals surface area (Å²) in [5.74, 6) is 0.924. The van der Waals surface area contributed by atoms with Crippen molar-refractivity contribution in [2.45, 2.75) is 64.0 Å². The fourth-order valence-corrected chi connectivity index (χ4v) is 4.81. The molecule has 2 heterocycles. The van der Waals surface area contributed by atoms with Crippen LogP contribution in [0.5, 0.6) is 0 Å². The van der Waals surface area contributed by atoms with E-state index in [1.807, 2.05) is 12.1 Å². The van der Waals surface area contributed by atoms with Crippen molar-refractivity contribution < 1.29 is 4.74 Å². The predicted octanol–water partition coefficient (Wildman–Crippen LogP) is 4.43. The second kappa shape index (κ2) is 12.5. The average Bonchev–Trinajstić information content (AvgIpc) is 2.73. The Morgan fingerprint density at radius 2 is 1.90 bits per heavy atom. The molecular weight excluding hydrogens is 511 g/mol. The molecule has 0 aliphatic carbocycles. The lowest BCUT2D eigenvalue weighted by Gasteiger charge is -2.38. The molecule has 0 atom stereocenters. The van der Waals surface area contributed by atoms with Gasteiger partial charge in [-0.2, -0.15) is 0 Å². The molecule has 2 aliphatic rings. The van der Waals surface area contributed by atoms with E-state index in [9.17, 15) is 0 Å². The van der Waals surface area contributed by atoms with Crippen molar-refractivity contribution in [3.05, 3.63) is 34.9 Å². The monoisotopic (exact) mass is 548 g/mol. The number of guanidine groups is 1. The van der Waals surface area contributed by atoms with Gasteiger partial charge < -0.3 is 20.3 Å². The zero-order chi connectivity index (χ0) is 20.7. The molecule has 2 aliphatic heterocycles. The molecule has 0 saturated carbocycles.